The Hall–Kier alpha value is -0.500. The van der Waals surface area contributed by atoms with Crippen molar-refractivity contribution < 1.29 is 4.74 Å². The average Bonchev–Trinajstić information content (AvgIpc) is 2.41. The van der Waals surface area contributed by atoms with Gasteiger partial charge in [0.05, 0.1) is 12.9 Å². The van der Waals surface area contributed by atoms with E-state index in [1.54, 1.807) is 6.26 Å². The van der Waals surface area contributed by atoms with Gasteiger partial charge in [0.2, 0.25) is 0 Å². The van der Waals surface area contributed by atoms with E-state index in [2.05, 4.69) is 4.90 Å². The molecule has 0 aromatic carbocycles. The highest BCUT2D eigenvalue weighted by atomic mass is 16.5. The Kier molecular flexibility index (Phi) is 5.66. The van der Waals surface area contributed by atoms with E-state index in [1.165, 1.54) is 38.8 Å². The van der Waals surface area contributed by atoms with Crippen molar-refractivity contribution in [1.29, 1.82) is 0 Å². The van der Waals surface area contributed by atoms with Crippen LogP contribution in [0.3, 0.4) is 0 Å². The van der Waals surface area contributed by atoms with Crippen LogP contribution in [0.5, 0.6) is 0 Å². The first-order chi connectivity index (χ1) is 6.43. The van der Waals surface area contributed by atoms with Gasteiger partial charge >= 0.3 is 0 Å². The zero-order valence-electron chi connectivity index (χ0n) is 8.67. The maximum absolute atomic E-state index is 5.30. The minimum atomic E-state index is 0.838. The van der Waals surface area contributed by atoms with Gasteiger partial charge in [-0.05, 0) is 32.9 Å². The highest BCUT2D eigenvalue weighted by Crippen LogP contribution is 2.08. The zero-order chi connectivity index (χ0) is 9.36. The molecule has 0 aliphatic carbocycles. The maximum Gasteiger partial charge on any atom is 0.1000 e. The summed E-state index contributed by atoms with van der Waals surface area (Å²) >= 11 is 0. The molecule has 2 nitrogen and oxygen atoms in total. The first-order valence-corrected chi connectivity index (χ1v) is 5.38. The Labute approximate surface area is 81.6 Å². The van der Waals surface area contributed by atoms with Gasteiger partial charge < -0.3 is 4.74 Å². The number of allylic oxidation sites excluding steroid dienone is 1. The fourth-order valence-electron chi connectivity index (χ4n) is 1.71. The van der Waals surface area contributed by atoms with Crippen molar-refractivity contribution >= 4 is 0 Å². The Morgan fingerprint density at radius 3 is 2.46 bits per heavy atom. The summed E-state index contributed by atoms with van der Waals surface area (Å²) in [5.41, 5.74) is 0. The van der Waals surface area contributed by atoms with E-state index < -0.39 is 0 Å². The first kappa shape index (κ1) is 10.6. The second-order valence-electron chi connectivity index (χ2n) is 3.60. The lowest BCUT2D eigenvalue weighted by atomic mass is 10.2. The van der Waals surface area contributed by atoms with E-state index in [0.29, 0.717) is 0 Å². The molecule has 13 heavy (non-hydrogen) atoms. The molecule has 0 aromatic rings. The molecule has 76 valence electrons. The molecule has 1 saturated heterocycles. The van der Waals surface area contributed by atoms with Gasteiger partial charge in [-0.25, -0.2) is 0 Å². The first-order valence-electron chi connectivity index (χ1n) is 5.38. The molecule has 1 aliphatic rings. The lowest BCUT2D eigenvalue weighted by Crippen LogP contribution is -2.28. The maximum atomic E-state index is 5.30. The minimum Gasteiger partial charge on any atom is -0.500 e. The van der Waals surface area contributed by atoms with E-state index in [-0.39, 0.29) is 0 Å². The third-order valence-corrected chi connectivity index (χ3v) is 2.46. The van der Waals surface area contributed by atoms with Gasteiger partial charge in [-0.1, -0.05) is 18.9 Å². The van der Waals surface area contributed by atoms with Crippen LogP contribution in [-0.4, -0.2) is 31.1 Å². The molecule has 0 bridgehead atoms. The molecule has 0 unspecified atom stereocenters. The predicted molar refractivity (Wildman–Crippen MR) is 55.7 cm³/mol. The van der Waals surface area contributed by atoms with Crippen molar-refractivity contribution in [3.05, 3.63) is 12.3 Å². The number of hydrogen-bond donors (Lipinski definition) is 0. The summed E-state index contributed by atoms with van der Waals surface area (Å²) in [5.74, 6) is 0. The second kappa shape index (κ2) is 6.96. The lowest BCUT2D eigenvalue weighted by Gasteiger charge is -2.18. The van der Waals surface area contributed by atoms with Gasteiger partial charge in [-0.15, -0.1) is 0 Å². The topological polar surface area (TPSA) is 12.5 Å². The largest absolute Gasteiger partial charge is 0.500 e. The molecule has 0 spiro atoms. The molecule has 1 aliphatic heterocycles. The Morgan fingerprint density at radius 1 is 1.15 bits per heavy atom. The molecule has 2 heteroatoms. The fourth-order valence-corrected chi connectivity index (χ4v) is 1.71. The predicted octanol–water partition coefficient (Wildman–Crippen LogP) is 2.41. The Morgan fingerprint density at radius 2 is 1.85 bits per heavy atom. The second-order valence-corrected chi connectivity index (χ2v) is 3.60. The summed E-state index contributed by atoms with van der Waals surface area (Å²) in [7, 11) is 0. The van der Waals surface area contributed by atoms with Gasteiger partial charge in [-0.3, -0.25) is 4.90 Å². The molecule has 0 radical (unpaired) electrons. The van der Waals surface area contributed by atoms with Gasteiger partial charge in [0.1, 0.15) is 0 Å². The molecular weight excluding hydrogens is 162 g/mol. The summed E-state index contributed by atoms with van der Waals surface area (Å²) in [6.45, 7) is 6.43. The van der Waals surface area contributed by atoms with Crippen LogP contribution in [0.1, 0.15) is 32.6 Å². The van der Waals surface area contributed by atoms with Crippen molar-refractivity contribution in [3.63, 3.8) is 0 Å². The summed E-state index contributed by atoms with van der Waals surface area (Å²) in [5, 5.41) is 0. The van der Waals surface area contributed by atoms with E-state index in [0.717, 1.165) is 13.2 Å². The van der Waals surface area contributed by atoms with Crippen molar-refractivity contribution in [1.82, 2.24) is 4.90 Å². The highest BCUT2D eigenvalue weighted by Gasteiger charge is 2.07. The number of rotatable bonds is 4. The zero-order valence-corrected chi connectivity index (χ0v) is 8.67. The van der Waals surface area contributed by atoms with Crippen LogP contribution < -0.4 is 0 Å². The molecule has 0 amide bonds. The Balaban J connectivity index is 2.04. The van der Waals surface area contributed by atoms with E-state index in [4.69, 9.17) is 4.74 Å². The fraction of sp³-hybridized carbons (Fsp3) is 0.818. The summed E-state index contributed by atoms with van der Waals surface area (Å²) in [4.78, 5) is 2.51. The third-order valence-electron chi connectivity index (χ3n) is 2.46. The minimum absolute atomic E-state index is 0.838. The SMILES string of the molecule is C/C=C/OCCN1CCCCCC1. The van der Waals surface area contributed by atoms with Crippen molar-refractivity contribution in [2.45, 2.75) is 32.6 Å². The van der Waals surface area contributed by atoms with E-state index in [9.17, 15) is 0 Å². The van der Waals surface area contributed by atoms with Crippen LogP contribution in [0.15, 0.2) is 12.3 Å². The van der Waals surface area contributed by atoms with Crippen LogP contribution in [-0.2, 0) is 4.74 Å². The van der Waals surface area contributed by atoms with Crippen LogP contribution in [0, 0.1) is 0 Å². The molecule has 1 rings (SSSR count). The van der Waals surface area contributed by atoms with Crippen molar-refractivity contribution in [3.8, 4) is 0 Å². The monoisotopic (exact) mass is 183 g/mol. The van der Waals surface area contributed by atoms with Gasteiger partial charge in [0.15, 0.2) is 0 Å². The molecule has 0 saturated carbocycles. The van der Waals surface area contributed by atoms with Crippen LogP contribution in [0.2, 0.25) is 0 Å². The number of hydrogen-bond acceptors (Lipinski definition) is 2. The normalized spacial score (nSPS) is 20.4. The summed E-state index contributed by atoms with van der Waals surface area (Å²) < 4.78 is 5.30. The number of ether oxygens (including phenoxy) is 1. The van der Waals surface area contributed by atoms with Crippen LogP contribution in [0.4, 0.5) is 0 Å². The number of nitrogens with zero attached hydrogens (tertiary/aromatic N) is 1. The molecular formula is C11H21NO. The molecule has 0 aromatic heterocycles. The number of likely N-dealkylation sites (tertiary alicyclic amines) is 1. The van der Waals surface area contributed by atoms with Gasteiger partial charge in [0.25, 0.3) is 0 Å². The summed E-state index contributed by atoms with van der Waals surface area (Å²) in [6.07, 6.45) is 9.26. The molecule has 0 N–H and O–H groups in total. The van der Waals surface area contributed by atoms with Crippen molar-refractivity contribution in [2.24, 2.45) is 0 Å². The van der Waals surface area contributed by atoms with Crippen LogP contribution >= 0.6 is 0 Å². The quantitative estimate of drug-likeness (QED) is 0.490. The van der Waals surface area contributed by atoms with E-state index in [1.807, 2.05) is 13.0 Å². The molecule has 1 heterocycles. The van der Waals surface area contributed by atoms with Crippen molar-refractivity contribution in [2.75, 3.05) is 26.2 Å². The van der Waals surface area contributed by atoms with Crippen LogP contribution in [0.25, 0.3) is 0 Å². The highest BCUT2D eigenvalue weighted by molar-refractivity contribution is 4.67. The van der Waals surface area contributed by atoms with E-state index >= 15 is 0 Å². The molecule has 1 fully saturated rings. The average molecular weight is 183 g/mol. The van der Waals surface area contributed by atoms with Gasteiger partial charge in [-0.2, -0.15) is 0 Å². The summed E-state index contributed by atoms with van der Waals surface area (Å²) in [6, 6.07) is 0. The lowest BCUT2D eigenvalue weighted by molar-refractivity contribution is 0.180. The van der Waals surface area contributed by atoms with Gasteiger partial charge in [0, 0.05) is 6.54 Å². The third kappa shape index (κ3) is 4.94. The Bertz CT molecular complexity index is 137. The molecule has 0 atom stereocenters. The standard InChI is InChI=1S/C11H21NO/c1-2-10-13-11-9-12-7-5-3-4-6-8-12/h2,10H,3-9,11H2,1H3/b10-2+. The smallest absolute Gasteiger partial charge is 0.1000 e.